The Morgan fingerprint density at radius 3 is 1.67 bits per heavy atom. The molecule has 0 aliphatic carbocycles. The van der Waals surface area contributed by atoms with Crippen LogP contribution in [0.1, 0.15) is 13.8 Å². The Morgan fingerprint density at radius 2 is 1.39 bits per heavy atom. The van der Waals surface area contributed by atoms with Gasteiger partial charge in [-0.15, -0.1) is 0 Å². The van der Waals surface area contributed by atoms with Gasteiger partial charge in [0, 0.05) is 0 Å². The van der Waals surface area contributed by atoms with E-state index in [9.17, 15) is 14.2 Å². The summed E-state index contributed by atoms with van der Waals surface area (Å²) in [6.45, 7) is 2.23. The average Bonchev–Trinajstić information content (AvgIpc) is 2.35. The van der Waals surface area contributed by atoms with Gasteiger partial charge in [-0.3, -0.25) is 13.6 Å². The summed E-state index contributed by atoms with van der Waals surface area (Å²) < 4.78 is 30.0. The highest BCUT2D eigenvalue weighted by atomic mass is 31.2. The van der Waals surface area contributed by atoms with Crippen molar-refractivity contribution >= 4 is 19.5 Å². The van der Waals surface area contributed by atoms with Gasteiger partial charge in [-0.1, -0.05) is 0 Å². The van der Waals surface area contributed by atoms with Gasteiger partial charge >= 0.3 is 19.5 Å². The van der Waals surface area contributed by atoms with Crippen LogP contribution in [0.15, 0.2) is 0 Å². The summed E-state index contributed by atoms with van der Waals surface area (Å²) in [4.78, 5) is 21.9. The van der Waals surface area contributed by atoms with Crippen LogP contribution in [0.5, 0.6) is 0 Å². The van der Waals surface area contributed by atoms with Crippen LogP contribution >= 0.6 is 7.60 Å². The number of carbonyl (C=O) groups is 2. The molecular formula is C9H17O8P. The van der Waals surface area contributed by atoms with Crippen LogP contribution in [0.4, 0.5) is 0 Å². The van der Waals surface area contributed by atoms with Gasteiger partial charge < -0.3 is 14.6 Å². The van der Waals surface area contributed by atoms with Crippen molar-refractivity contribution in [3.63, 3.8) is 0 Å². The summed E-state index contributed by atoms with van der Waals surface area (Å²) in [6.07, 6.45) is -0.953. The number of esters is 2. The minimum atomic E-state index is -3.90. The molecule has 0 fully saturated rings. The maximum Gasteiger partial charge on any atom is 0.356 e. The highest BCUT2D eigenvalue weighted by Crippen LogP contribution is 2.46. The molecule has 0 radical (unpaired) electrons. The van der Waals surface area contributed by atoms with E-state index < -0.39 is 39.1 Å². The molecule has 8 nitrogen and oxygen atoms in total. The molecule has 0 saturated heterocycles. The molecule has 0 aliphatic heterocycles. The van der Waals surface area contributed by atoms with Crippen molar-refractivity contribution in [2.45, 2.75) is 13.8 Å². The van der Waals surface area contributed by atoms with E-state index in [1.165, 1.54) is 0 Å². The van der Waals surface area contributed by atoms with Crippen molar-refractivity contribution in [1.29, 1.82) is 0 Å². The number of hydrogen-bond acceptors (Lipinski definition) is 8. The summed E-state index contributed by atoms with van der Waals surface area (Å²) in [5, 5.41) is 8.85. The largest absolute Gasteiger partial charge is 0.464 e. The average molecular weight is 284 g/mol. The van der Waals surface area contributed by atoms with Gasteiger partial charge in [0.15, 0.2) is 13.2 Å². The first-order valence-electron chi connectivity index (χ1n) is 5.27. The molecule has 0 amide bonds. The van der Waals surface area contributed by atoms with Crippen molar-refractivity contribution in [2.24, 2.45) is 0 Å². The van der Waals surface area contributed by atoms with Crippen LogP contribution in [0.3, 0.4) is 0 Å². The van der Waals surface area contributed by atoms with Crippen LogP contribution in [-0.2, 0) is 32.7 Å². The number of rotatable bonds is 9. The Balaban J connectivity index is 4.14. The molecule has 0 unspecified atom stereocenters. The lowest BCUT2D eigenvalue weighted by Gasteiger charge is -2.15. The number of aliphatic hydroxyl groups excluding tert-OH is 1. The fourth-order valence-electron chi connectivity index (χ4n) is 0.826. The molecule has 0 aromatic carbocycles. The molecule has 18 heavy (non-hydrogen) atoms. The van der Waals surface area contributed by atoms with Gasteiger partial charge in [0.05, 0.1) is 13.2 Å². The maximum atomic E-state index is 11.7. The fourth-order valence-corrected chi connectivity index (χ4v) is 1.67. The first-order valence-corrected chi connectivity index (χ1v) is 7.00. The van der Waals surface area contributed by atoms with Crippen LogP contribution < -0.4 is 0 Å². The van der Waals surface area contributed by atoms with Crippen molar-refractivity contribution in [3.05, 3.63) is 0 Å². The van der Waals surface area contributed by atoms with Gasteiger partial charge in [0.1, 0.15) is 6.35 Å². The summed E-state index contributed by atoms with van der Waals surface area (Å²) in [6, 6.07) is 0. The number of hydrogen-bond donors (Lipinski definition) is 1. The summed E-state index contributed by atoms with van der Waals surface area (Å²) in [5.74, 6) is -1.49. The smallest absolute Gasteiger partial charge is 0.356 e. The van der Waals surface area contributed by atoms with Crippen molar-refractivity contribution in [2.75, 3.05) is 32.8 Å². The number of aliphatic hydroxyl groups is 1. The van der Waals surface area contributed by atoms with Gasteiger partial charge in [-0.25, -0.2) is 9.59 Å². The van der Waals surface area contributed by atoms with Crippen LogP contribution in [0.25, 0.3) is 0 Å². The second-order valence-corrected chi connectivity index (χ2v) is 4.93. The normalized spacial score (nSPS) is 11.1. The second-order valence-electron chi connectivity index (χ2n) is 2.91. The van der Waals surface area contributed by atoms with Crippen molar-refractivity contribution in [3.8, 4) is 0 Å². The monoisotopic (exact) mass is 284 g/mol. The number of ether oxygens (including phenoxy) is 2. The first kappa shape index (κ1) is 17.1. The Labute approximate surface area is 105 Å². The minimum Gasteiger partial charge on any atom is -0.464 e. The lowest BCUT2D eigenvalue weighted by atomic mass is 10.7. The lowest BCUT2D eigenvalue weighted by Crippen LogP contribution is -2.16. The molecule has 0 heterocycles. The topological polar surface area (TPSA) is 108 Å². The summed E-state index contributed by atoms with van der Waals surface area (Å²) in [7, 11) is -3.90. The van der Waals surface area contributed by atoms with E-state index >= 15 is 0 Å². The van der Waals surface area contributed by atoms with Gasteiger partial charge in [0.2, 0.25) is 0 Å². The highest BCUT2D eigenvalue weighted by molar-refractivity contribution is 7.53. The fraction of sp³-hybridized carbons (Fsp3) is 0.778. The van der Waals surface area contributed by atoms with Crippen molar-refractivity contribution < 1.29 is 37.8 Å². The first-order chi connectivity index (χ1) is 8.47. The van der Waals surface area contributed by atoms with E-state index in [1.807, 2.05) is 0 Å². The van der Waals surface area contributed by atoms with E-state index in [0.29, 0.717) is 0 Å². The highest BCUT2D eigenvalue weighted by Gasteiger charge is 2.26. The lowest BCUT2D eigenvalue weighted by molar-refractivity contribution is -0.146. The van der Waals surface area contributed by atoms with Gasteiger partial charge in [-0.2, -0.15) is 0 Å². The molecule has 0 aromatic rings. The zero-order chi connectivity index (χ0) is 14.0. The molecule has 0 atom stereocenters. The second kappa shape index (κ2) is 9.04. The summed E-state index contributed by atoms with van der Waals surface area (Å²) >= 11 is 0. The third-order valence-electron chi connectivity index (χ3n) is 1.54. The third-order valence-corrected chi connectivity index (χ3v) is 2.93. The molecule has 9 heteroatoms. The molecule has 0 saturated carbocycles. The predicted octanol–water partition coefficient (Wildman–Crippen LogP) is 0.289. The van der Waals surface area contributed by atoms with E-state index in [2.05, 4.69) is 18.5 Å². The molecule has 0 rings (SSSR count). The molecule has 106 valence electrons. The zero-order valence-electron chi connectivity index (χ0n) is 10.3. The van der Waals surface area contributed by atoms with Gasteiger partial charge in [0.25, 0.3) is 0 Å². The SMILES string of the molecule is CCOC(=O)COP(=O)(CO)OCC(=O)OCC. The van der Waals surface area contributed by atoms with E-state index in [0.717, 1.165) is 0 Å². The Hall–Kier alpha value is -0.950. The predicted molar refractivity (Wildman–Crippen MR) is 59.9 cm³/mol. The van der Waals surface area contributed by atoms with E-state index in [4.69, 9.17) is 5.11 Å². The molecular weight excluding hydrogens is 267 g/mol. The number of carbonyl (C=O) groups excluding carboxylic acids is 2. The standard InChI is InChI=1S/C9H17O8P/c1-3-14-8(11)5-16-18(13,7-10)17-6-9(12)15-4-2/h10H,3-7H2,1-2H3. The molecule has 0 aromatic heterocycles. The molecule has 0 aliphatic rings. The van der Waals surface area contributed by atoms with E-state index in [1.54, 1.807) is 13.8 Å². The zero-order valence-corrected chi connectivity index (χ0v) is 11.2. The quantitative estimate of drug-likeness (QED) is 0.475. The van der Waals surface area contributed by atoms with Crippen LogP contribution in [-0.4, -0.2) is 49.8 Å². The van der Waals surface area contributed by atoms with Crippen LogP contribution in [0.2, 0.25) is 0 Å². The third kappa shape index (κ3) is 7.39. The maximum absolute atomic E-state index is 11.7. The Morgan fingerprint density at radius 1 is 1.00 bits per heavy atom. The minimum absolute atomic E-state index is 0.148. The van der Waals surface area contributed by atoms with Gasteiger partial charge in [-0.05, 0) is 13.8 Å². The summed E-state index contributed by atoms with van der Waals surface area (Å²) in [5.41, 5.74) is 0. The Bertz CT molecular complexity index is 290. The van der Waals surface area contributed by atoms with Crippen LogP contribution in [0, 0.1) is 0 Å². The Kier molecular flexibility index (Phi) is 8.57. The molecule has 0 bridgehead atoms. The molecule has 1 N–H and O–H groups in total. The van der Waals surface area contributed by atoms with E-state index in [-0.39, 0.29) is 13.2 Å². The molecule has 0 spiro atoms. The van der Waals surface area contributed by atoms with Crippen molar-refractivity contribution in [1.82, 2.24) is 0 Å².